The molecule has 2 N–H and O–H groups in total. The molecule has 0 aliphatic rings. The molecule has 0 saturated carbocycles. The number of hydrogen-bond acceptors (Lipinski definition) is 3. The summed E-state index contributed by atoms with van der Waals surface area (Å²) in [6.45, 7) is 4.51. The minimum atomic E-state index is -0.0792. The Morgan fingerprint density at radius 3 is 2.62 bits per heavy atom. The van der Waals surface area contributed by atoms with Gasteiger partial charge in [0.05, 0.1) is 12.6 Å². The first-order valence-electron chi connectivity index (χ1n) is 5.37. The van der Waals surface area contributed by atoms with Gasteiger partial charge in [0, 0.05) is 6.54 Å². The molecule has 0 heterocycles. The topological polar surface area (TPSA) is 50.4 Å². The number of hydroxylamine groups is 1. The minimum absolute atomic E-state index is 0.0712. The summed E-state index contributed by atoms with van der Waals surface area (Å²) in [6.07, 6.45) is 0.0712. The molecule has 1 aromatic carbocycles. The first-order valence-corrected chi connectivity index (χ1v) is 5.37. The van der Waals surface area contributed by atoms with E-state index in [0.29, 0.717) is 6.54 Å². The number of nitrogens with one attached hydrogen (secondary N) is 2. The van der Waals surface area contributed by atoms with E-state index in [1.54, 1.807) is 0 Å². The van der Waals surface area contributed by atoms with E-state index in [4.69, 9.17) is 4.84 Å². The molecular formula is C12H18N2O2. The summed E-state index contributed by atoms with van der Waals surface area (Å²) >= 11 is 0. The smallest absolute Gasteiger partial charge is 0.236 e. The van der Waals surface area contributed by atoms with Crippen LogP contribution in [0.2, 0.25) is 0 Å². The van der Waals surface area contributed by atoms with Crippen LogP contribution in [0.3, 0.4) is 0 Å². The van der Waals surface area contributed by atoms with Crippen molar-refractivity contribution in [3.05, 3.63) is 35.9 Å². The molecule has 4 nitrogen and oxygen atoms in total. The summed E-state index contributed by atoms with van der Waals surface area (Å²) in [7, 11) is 0. The highest BCUT2D eigenvalue weighted by atomic mass is 16.7. The Bertz CT molecular complexity index is 312. The zero-order valence-corrected chi connectivity index (χ0v) is 9.69. The molecule has 1 rings (SSSR count). The Morgan fingerprint density at radius 2 is 2.00 bits per heavy atom. The van der Waals surface area contributed by atoms with Gasteiger partial charge in [-0.2, -0.15) is 5.48 Å². The van der Waals surface area contributed by atoms with Crippen LogP contribution in [0.1, 0.15) is 19.4 Å². The molecule has 0 aliphatic carbocycles. The van der Waals surface area contributed by atoms with Gasteiger partial charge >= 0.3 is 0 Å². The molecule has 0 atom stereocenters. The van der Waals surface area contributed by atoms with Crippen molar-refractivity contribution in [3.63, 3.8) is 0 Å². The van der Waals surface area contributed by atoms with Crippen molar-refractivity contribution in [2.75, 3.05) is 6.54 Å². The number of carbonyl (C=O) groups is 1. The Hall–Kier alpha value is -1.39. The van der Waals surface area contributed by atoms with Crippen LogP contribution in [0.15, 0.2) is 30.3 Å². The predicted molar refractivity (Wildman–Crippen MR) is 62.5 cm³/mol. The number of benzene rings is 1. The average Bonchev–Trinajstić information content (AvgIpc) is 2.27. The van der Waals surface area contributed by atoms with Crippen molar-refractivity contribution in [1.82, 2.24) is 10.8 Å². The Morgan fingerprint density at radius 1 is 1.31 bits per heavy atom. The van der Waals surface area contributed by atoms with Crippen molar-refractivity contribution in [2.24, 2.45) is 0 Å². The number of amides is 1. The van der Waals surface area contributed by atoms with Gasteiger partial charge in [0.2, 0.25) is 5.91 Å². The van der Waals surface area contributed by atoms with Gasteiger partial charge in [-0.3, -0.25) is 9.63 Å². The van der Waals surface area contributed by atoms with E-state index in [1.165, 1.54) is 0 Å². The summed E-state index contributed by atoms with van der Waals surface area (Å²) in [4.78, 5) is 16.4. The molecule has 0 unspecified atom stereocenters. The van der Waals surface area contributed by atoms with Crippen LogP contribution in [-0.4, -0.2) is 18.6 Å². The third-order valence-corrected chi connectivity index (χ3v) is 1.88. The summed E-state index contributed by atoms with van der Waals surface area (Å²) in [6, 6.07) is 9.78. The lowest BCUT2D eigenvalue weighted by Crippen LogP contribution is -2.34. The summed E-state index contributed by atoms with van der Waals surface area (Å²) < 4.78 is 0. The van der Waals surface area contributed by atoms with Crippen LogP contribution >= 0.6 is 0 Å². The monoisotopic (exact) mass is 222 g/mol. The van der Waals surface area contributed by atoms with Gasteiger partial charge in [-0.05, 0) is 19.4 Å². The van der Waals surface area contributed by atoms with Crippen molar-refractivity contribution in [1.29, 1.82) is 0 Å². The van der Waals surface area contributed by atoms with Crippen LogP contribution in [0.25, 0.3) is 0 Å². The van der Waals surface area contributed by atoms with Crippen LogP contribution in [0.4, 0.5) is 0 Å². The number of carbonyl (C=O) groups excluding carboxylic acids is 1. The van der Waals surface area contributed by atoms with Gasteiger partial charge < -0.3 is 5.32 Å². The van der Waals surface area contributed by atoms with E-state index >= 15 is 0 Å². The molecule has 0 aromatic heterocycles. The van der Waals surface area contributed by atoms with E-state index in [1.807, 2.05) is 44.2 Å². The standard InChI is InChI=1S/C12H18N2O2/c1-10(2)16-14-9-12(15)13-8-11-6-4-3-5-7-11/h3-7,10,14H,8-9H2,1-2H3,(H,13,15). The maximum Gasteiger partial charge on any atom is 0.236 e. The molecule has 0 fully saturated rings. The zero-order chi connectivity index (χ0) is 11.8. The van der Waals surface area contributed by atoms with Gasteiger partial charge in [0.25, 0.3) is 0 Å². The van der Waals surface area contributed by atoms with Crippen molar-refractivity contribution < 1.29 is 9.63 Å². The fourth-order valence-corrected chi connectivity index (χ4v) is 1.13. The van der Waals surface area contributed by atoms with Crippen LogP contribution in [-0.2, 0) is 16.2 Å². The zero-order valence-electron chi connectivity index (χ0n) is 9.69. The maximum absolute atomic E-state index is 11.3. The van der Waals surface area contributed by atoms with E-state index in [9.17, 15) is 4.79 Å². The molecule has 0 radical (unpaired) electrons. The first kappa shape index (κ1) is 12.7. The second kappa shape index (κ2) is 6.98. The van der Waals surface area contributed by atoms with Crippen molar-refractivity contribution in [3.8, 4) is 0 Å². The molecule has 0 aliphatic heterocycles. The highest BCUT2D eigenvalue weighted by molar-refractivity contribution is 5.77. The molecular weight excluding hydrogens is 204 g/mol. The fraction of sp³-hybridized carbons (Fsp3) is 0.417. The molecule has 16 heavy (non-hydrogen) atoms. The van der Waals surface area contributed by atoms with Gasteiger partial charge in [-0.1, -0.05) is 30.3 Å². The SMILES string of the molecule is CC(C)ONCC(=O)NCc1ccccc1. The Balaban J connectivity index is 2.16. The summed E-state index contributed by atoms with van der Waals surface area (Å²) in [5.41, 5.74) is 3.69. The Kier molecular flexibility index (Phi) is 5.53. The predicted octanol–water partition coefficient (Wildman–Crippen LogP) is 1.23. The second-order valence-corrected chi connectivity index (χ2v) is 3.75. The molecule has 88 valence electrons. The van der Waals surface area contributed by atoms with Crippen molar-refractivity contribution >= 4 is 5.91 Å². The van der Waals surface area contributed by atoms with Gasteiger partial charge in [0.15, 0.2) is 0 Å². The van der Waals surface area contributed by atoms with Gasteiger partial charge in [0.1, 0.15) is 0 Å². The first-order chi connectivity index (χ1) is 7.68. The average molecular weight is 222 g/mol. The molecule has 1 aromatic rings. The molecule has 1 amide bonds. The third kappa shape index (κ3) is 5.48. The number of hydrogen-bond donors (Lipinski definition) is 2. The minimum Gasteiger partial charge on any atom is -0.351 e. The summed E-state index contributed by atoms with van der Waals surface area (Å²) in [5.74, 6) is -0.0792. The third-order valence-electron chi connectivity index (χ3n) is 1.88. The van der Waals surface area contributed by atoms with Crippen LogP contribution in [0.5, 0.6) is 0 Å². The fourth-order valence-electron chi connectivity index (χ4n) is 1.13. The molecule has 0 bridgehead atoms. The lowest BCUT2D eigenvalue weighted by atomic mass is 10.2. The van der Waals surface area contributed by atoms with E-state index < -0.39 is 0 Å². The number of rotatable bonds is 6. The lowest BCUT2D eigenvalue weighted by Gasteiger charge is -2.09. The molecule has 0 saturated heterocycles. The Labute approximate surface area is 95.9 Å². The molecule has 4 heteroatoms. The second-order valence-electron chi connectivity index (χ2n) is 3.75. The lowest BCUT2D eigenvalue weighted by molar-refractivity contribution is -0.123. The van der Waals surface area contributed by atoms with E-state index in [-0.39, 0.29) is 18.6 Å². The maximum atomic E-state index is 11.3. The van der Waals surface area contributed by atoms with Gasteiger partial charge in [-0.25, -0.2) is 0 Å². The summed E-state index contributed by atoms with van der Waals surface area (Å²) in [5, 5.41) is 2.79. The molecule has 0 spiro atoms. The highest BCUT2D eigenvalue weighted by Crippen LogP contribution is 1.96. The van der Waals surface area contributed by atoms with Gasteiger partial charge in [-0.15, -0.1) is 0 Å². The van der Waals surface area contributed by atoms with E-state index in [0.717, 1.165) is 5.56 Å². The van der Waals surface area contributed by atoms with Crippen molar-refractivity contribution in [2.45, 2.75) is 26.5 Å². The highest BCUT2D eigenvalue weighted by Gasteiger charge is 2.01. The largest absolute Gasteiger partial charge is 0.351 e. The quantitative estimate of drug-likeness (QED) is 0.712. The van der Waals surface area contributed by atoms with Crippen LogP contribution in [0, 0.1) is 0 Å². The van der Waals surface area contributed by atoms with Crippen LogP contribution < -0.4 is 10.8 Å². The van der Waals surface area contributed by atoms with E-state index in [2.05, 4.69) is 10.8 Å². The normalized spacial score (nSPS) is 10.4.